The number of ether oxygens (including phenoxy) is 7. The van der Waals surface area contributed by atoms with Crippen molar-refractivity contribution in [3.63, 3.8) is 0 Å². The topological polar surface area (TPSA) is 67.9 Å². The maximum absolute atomic E-state index is 7.38. The summed E-state index contributed by atoms with van der Waals surface area (Å²) in [4.78, 5) is 2.10. The number of benzene rings is 9. The highest BCUT2D eigenvalue weighted by molar-refractivity contribution is 6.07. The van der Waals surface area contributed by atoms with Gasteiger partial charge in [-0.2, -0.15) is 0 Å². The second-order valence-corrected chi connectivity index (χ2v) is 21.5. The summed E-state index contributed by atoms with van der Waals surface area (Å²) in [6.07, 6.45) is 11.0. The molecular formula is C71H69NO7. The summed E-state index contributed by atoms with van der Waals surface area (Å²) in [5, 5.41) is 4.44. The second-order valence-electron chi connectivity index (χ2n) is 21.5. The lowest BCUT2D eigenvalue weighted by Gasteiger charge is -2.38. The fourth-order valence-electron chi connectivity index (χ4n) is 11.6. The Morgan fingerprint density at radius 3 is 1.48 bits per heavy atom. The van der Waals surface area contributed by atoms with E-state index in [0.29, 0.717) is 0 Å². The van der Waals surface area contributed by atoms with Crippen molar-refractivity contribution in [2.45, 2.75) is 77.8 Å². The predicted molar refractivity (Wildman–Crippen MR) is 322 cm³/mol. The zero-order valence-electron chi connectivity index (χ0n) is 47.2. The van der Waals surface area contributed by atoms with Crippen LogP contribution in [0, 0.1) is 13.8 Å². The minimum Gasteiger partial charge on any atom is -0.497 e. The number of methoxy groups -OCH3 is 3. The molecule has 3 aliphatic rings. The van der Waals surface area contributed by atoms with E-state index in [1.165, 1.54) is 38.6 Å². The first-order chi connectivity index (χ1) is 38.2. The van der Waals surface area contributed by atoms with Gasteiger partial charge < -0.3 is 38.1 Å². The molecule has 0 N–H and O–H groups in total. The lowest BCUT2D eigenvalue weighted by atomic mass is 9.77. The summed E-state index contributed by atoms with van der Waals surface area (Å²) in [6, 6.07) is 54.8. The molecule has 9 aromatic carbocycles. The third kappa shape index (κ3) is 9.68. The van der Waals surface area contributed by atoms with Gasteiger partial charge in [0, 0.05) is 63.9 Å². The highest BCUT2D eigenvalue weighted by Gasteiger charge is 2.41. The maximum Gasteiger partial charge on any atom is 0.178 e. The molecule has 0 saturated carbocycles. The monoisotopic (exact) mass is 1050 g/mol. The van der Waals surface area contributed by atoms with Gasteiger partial charge in [-0.25, -0.2) is 0 Å². The van der Waals surface area contributed by atoms with Gasteiger partial charge in [-0.15, -0.1) is 0 Å². The van der Waals surface area contributed by atoms with Crippen LogP contribution >= 0.6 is 0 Å². The maximum atomic E-state index is 7.38. The minimum atomic E-state index is -0.865. The fourth-order valence-corrected chi connectivity index (χ4v) is 11.6. The Balaban J connectivity index is 0.000000172. The van der Waals surface area contributed by atoms with Crippen LogP contribution in [0.2, 0.25) is 0 Å². The van der Waals surface area contributed by atoms with Crippen molar-refractivity contribution in [3.8, 4) is 51.4 Å². The molecule has 79 heavy (non-hydrogen) atoms. The fraction of sp³-hybridized carbons (Fsp3) is 0.239. The highest BCUT2D eigenvalue weighted by Crippen LogP contribution is 2.53. The zero-order chi connectivity index (χ0) is 55.2. The van der Waals surface area contributed by atoms with Crippen LogP contribution in [0.25, 0.3) is 44.8 Å². The van der Waals surface area contributed by atoms with E-state index in [-0.39, 0.29) is 12.2 Å². The molecule has 0 spiro atoms. The van der Waals surface area contributed by atoms with E-state index in [0.717, 1.165) is 108 Å². The Hall–Kier alpha value is -8.62. The molecule has 2 aliphatic heterocycles. The van der Waals surface area contributed by atoms with Crippen LogP contribution in [-0.4, -0.2) is 47.6 Å². The van der Waals surface area contributed by atoms with Crippen molar-refractivity contribution in [2.24, 2.45) is 0 Å². The quantitative estimate of drug-likeness (QED) is 0.120. The van der Waals surface area contributed by atoms with Crippen LogP contribution in [0.15, 0.2) is 170 Å². The van der Waals surface area contributed by atoms with Gasteiger partial charge in [0.2, 0.25) is 0 Å². The summed E-state index contributed by atoms with van der Waals surface area (Å²) in [6.45, 7) is 12.4. The molecule has 0 radical (unpaired) electrons. The van der Waals surface area contributed by atoms with E-state index in [9.17, 15) is 0 Å². The van der Waals surface area contributed by atoms with E-state index in [4.69, 9.17) is 33.2 Å². The molecule has 0 fully saturated rings. The van der Waals surface area contributed by atoms with Crippen molar-refractivity contribution in [1.29, 1.82) is 0 Å². The van der Waals surface area contributed by atoms with Gasteiger partial charge in [0.1, 0.15) is 40.2 Å². The summed E-state index contributed by atoms with van der Waals surface area (Å²) in [7, 11) is 9.20. The van der Waals surface area contributed by atoms with E-state index in [1.54, 1.807) is 21.3 Å². The standard InChI is InChI=1S/C40H38O4.C31H31NO3/c1-25(2)42-30-15-11-28(12-16-30)40(29-13-17-31(18-14-29)43-26(3)4)23-22-36-34-20-10-27-8-6-7-9-33(27)38(34)35-21-19-32(41-5)24-37(35)39(36)44-40;1-20-17-26(34-6)19-29-28(20)18-21(2)27-15-16-31(35-30(27)29,23-9-13-25(33-5)14-10-23)22-7-11-24(12-8-22)32(3)4/h6-9,11-19,21-26H,10,20H2,1-5H3;7-19H,1-6H3. The average molecular weight is 1050 g/mol. The molecule has 9 aromatic rings. The Labute approximate surface area is 465 Å². The smallest absolute Gasteiger partial charge is 0.178 e. The second kappa shape index (κ2) is 21.3. The molecule has 1 unspecified atom stereocenters. The molecular weight excluding hydrogens is 979 g/mol. The Kier molecular flexibility index (Phi) is 14.1. The van der Waals surface area contributed by atoms with Crippen LogP contribution in [0.4, 0.5) is 5.69 Å². The van der Waals surface area contributed by atoms with Crippen molar-refractivity contribution in [1.82, 2.24) is 0 Å². The summed E-state index contributed by atoms with van der Waals surface area (Å²) in [5.74, 6) is 5.86. The van der Waals surface area contributed by atoms with Gasteiger partial charge in [-0.1, -0.05) is 91.0 Å². The molecule has 12 rings (SSSR count). The highest BCUT2D eigenvalue weighted by atomic mass is 16.5. The van der Waals surface area contributed by atoms with Gasteiger partial charge in [0.05, 0.1) is 33.5 Å². The summed E-state index contributed by atoms with van der Waals surface area (Å²) >= 11 is 0. The minimum absolute atomic E-state index is 0.0960. The van der Waals surface area contributed by atoms with Crippen LogP contribution in [0.3, 0.4) is 0 Å². The summed E-state index contributed by atoms with van der Waals surface area (Å²) in [5.41, 5.74) is 13.5. The van der Waals surface area contributed by atoms with Gasteiger partial charge in [0.25, 0.3) is 0 Å². The van der Waals surface area contributed by atoms with E-state index >= 15 is 0 Å². The predicted octanol–water partition coefficient (Wildman–Crippen LogP) is 16.4. The third-order valence-corrected chi connectivity index (χ3v) is 15.6. The van der Waals surface area contributed by atoms with E-state index in [1.807, 2.05) is 78.2 Å². The largest absolute Gasteiger partial charge is 0.497 e. The van der Waals surface area contributed by atoms with Gasteiger partial charge in [0.15, 0.2) is 11.2 Å². The molecule has 8 nitrogen and oxygen atoms in total. The first-order valence-corrected chi connectivity index (χ1v) is 27.3. The van der Waals surface area contributed by atoms with Crippen molar-refractivity contribution < 1.29 is 33.2 Å². The third-order valence-electron chi connectivity index (χ3n) is 15.6. The van der Waals surface area contributed by atoms with E-state index < -0.39 is 11.2 Å². The summed E-state index contributed by atoms with van der Waals surface area (Å²) < 4.78 is 43.2. The van der Waals surface area contributed by atoms with E-state index in [2.05, 4.69) is 164 Å². The van der Waals surface area contributed by atoms with Crippen LogP contribution in [-0.2, 0) is 24.0 Å². The molecule has 1 aliphatic carbocycles. The van der Waals surface area contributed by atoms with Crippen molar-refractivity contribution >= 4 is 39.4 Å². The molecule has 0 amide bonds. The van der Waals surface area contributed by atoms with Crippen LogP contribution in [0.1, 0.15) is 83.3 Å². The Morgan fingerprint density at radius 2 is 0.937 bits per heavy atom. The lowest BCUT2D eigenvalue weighted by Crippen LogP contribution is -2.34. The van der Waals surface area contributed by atoms with Crippen molar-refractivity contribution in [3.05, 3.63) is 226 Å². The molecule has 0 bridgehead atoms. The number of rotatable bonds is 12. The van der Waals surface area contributed by atoms with Crippen LogP contribution < -0.4 is 38.1 Å². The lowest BCUT2D eigenvalue weighted by molar-refractivity contribution is 0.163. The number of hydrogen-bond acceptors (Lipinski definition) is 8. The molecule has 8 heteroatoms. The zero-order valence-corrected chi connectivity index (χ0v) is 47.2. The molecule has 2 heterocycles. The first kappa shape index (κ1) is 52.4. The normalized spacial score (nSPS) is 15.4. The number of fused-ring (bicyclic) bond motifs is 11. The van der Waals surface area contributed by atoms with Gasteiger partial charge in [-0.3, -0.25) is 0 Å². The van der Waals surface area contributed by atoms with Crippen molar-refractivity contribution in [2.75, 3.05) is 40.3 Å². The number of hydrogen-bond donors (Lipinski definition) is 0. The molecule has 0 aromatic heterocycles. The average Bonchev–Trinajstić information content (AvgIpc) is 3.59. The molecule has 400 valence electrons. The van der Waals surface area contributed by atoms with Gasteiger partial charge in [-0.05, 0) is 190 Å². The first-order valence-electron chi connectivity index (χ1n) is 27.3. The number of aryl methyl sites for hydroxylation is 3. The molecule has 0 saturated heterocycles. The SMILES string of the molecule is COc1ccc(C2(c3ccc(N(C)C)cc3)C=Cc3c(C)cc4c(C)cc(OC)cc4c3O2)cc1.COc1ccc2c3c(c4c(c2c1)OC(c1ccc(OC(C)C)cc1)(c1ccc(OC(C)C)cc1)C=C4)CCc1ccccc1-3. The number of anilines is 1. The Bertz CT molecular complexity index is 3730. The number of nitrogens with zero attached hydrogens (tertiary/aromatic N) is 1. The Morgan fingerprint density at radius 1 is 0.456 bits per heavy atom. The van der Waals surface area contributed by atoms with Crippen LogP contribution in [0.5, 0.6) is 40.2 Å². The molecule has 1 atom stereocenters. The van der Waals surface area contributed by atoms with Gasteiger partial charge >= 0.3 is 0 Å².